The van der Waals surface area contributed by atoms with Crippen LogP contribution in [0.3, 0.4) is 0 Å². The SMILES string of the molecule is COC(=O)[C@@]1(C)CC[N+](C)=C(c2ccccc2)O1. The lowest BCUT2D eigenvalue weighted by Crippen LogP contribution is -2.48. The second-order valence-corrected chi connectivity index (χ2v) is 4.67. The summed E-state index contributed by atoms with van der Waals surface area (Å²) in [6, 6.07) is 9.78. The number of hydrogen-bond acceptors (Lipinski definition) is 3. The summed E-state index contributed by atoms with van der Waals surface area (Å²) in [5.41, 5.74) is 0.0710. The number of methoxy groups -OCH3 is 1. The third-order valence-electron chi connectivity index (χ3n) is 3.23. The Labute approximate surface area is 107 Å². The predicted octanol–water partition coefficient (Wildman–Crippen LogP) is 1.43. The molecular weight excluding hydrogens is 230 g/mol. The molecule has 0 amide bonds. The fraction of sp³-hybridized carbons (Fsp3) is 0.429. The molecule has 0 aromatic heterocycles. The zero-order chi connectivity index (χ0) is 13.2. The van der Waals surface area contributed by atoms with Gasteiger partial charge in [-0.15, -0.1) is 0 Å². The van der Waals surface area contributed by atoms with Gasteiger partial charge >= 0.3 is 11.9 Å². The number of nitrogens with zero attached hydrogens (tertiary/aromatic N) is 1. The molecule has 0 saturated carbocycles. The van der Waals surface area contributed by atoms with Crippen molar-refractivity contribution in [2.24, 2.45) is 0 Å². The lowest BCUT2D eigenvalue weighted by molar-refractivity contribution is -0.520. The maximum atomic E-state index is 11.8. The van der Waals surface area contributed by atoms with Gasteiger partial charge < -0.3 is 9.47 Å². The van der Waals surface area contributed by atoms with Gasteiger partial charge in [-0.3, -0.25) is 0 Å². The second-order valence-electron chi connectivity index (χ2n) is 4.67. The van der Waals surface area contributed by atoms with Crippen molar-refractivity contribution >= 4 is 11.9 Å². The molecule has 0 saturated heterocycles. The van der Waals surface area contributed by atoms with Crippen molar-refractivity contribution in [3.63, 3.8) is 0 Å². The molecule has 0 N–H and O–H groups in total. The Bertz CT molecular complexity index is 481. The van der Waals surface area contributed by atoms with Gasteiger partial charge in [-0.1, -0.05) is 18.2 Å². The first-order valence-electron chi connectivity index (χ1n) is 5.98. The van der Waals surface area contributed by atoms with Crippen molar-refractivity contribution in [3.05, 3.63) is 35.9 Å². The fourth-order valence-electron chi connectivity index (χ4n) is 2.04. The highest BCUT2D eigenvalue weighted by atomic mass is 16.6. The van der Waals surface area contributed by atoms with Crippen LogP contribution in [0.4, 0.5) is 0 Å². The first-order valence-corrected chi connectivity index (χ1v) is 5.98. The van der Waals surface area contributed by atoms with Crippen LogP contribution in [0.25, 0.3) is 0 Å². The van der Waals surface area contributed by atoms with Crippen LogP contribution in [0.15, 0.2) is 30.3 Å². The Balaban J connectivity index is 2.33. The minimum absolute atomic E-state index is 0.330. The van der Waals surface area contributed by atoms with Crippen molar-refractivity contribution < 1.29 is 18.8 Å². The van der Waals surface area contributed by atoms with Gasteiger partial charge in [-0.2, -0.15) is 0 Å². The molecule has 0 unspecified atom stereocenters. The summed E-state index contributed by atoms with van der Waals surface area (Å²) in [5.74, 6) is 0.388. The van der Waals surface area contributed by atoms with Gasteiger partial charge in [0.1, 0.15) is 7.05 Å². The number of carbonyl (C=O) groups is 1. The number of rotatable bonds is 2. The van der Waals surface area contributed by atoms with Crippen LogP contribution in [0.5, 0.6) is 0 Å². The zero-order valence-electron chi connectivity index (χ0n) is 11.0. The number of ether oxygens (including phenoxy) is 2. The standard InChI is InChI=1S/C14H18NO3/c1-14(13(16)17-3)9-10-15(2)12(18-14)11-7-5-4-6-8-11/h4-8H,9-10H2,1-3H3/q+1/t14-/m1/s1. The fourth-order valence-corrected chi connectivity index (χ4v) is 2.04. The van der Waals surface area contributed by atoms with Crippen molar-refractivity contribution in [1.82, 2.24) is 0 Å². The molecule has 1 aromatic rings. The van der Waals surface area contributed by atoms with E-state index in [0.29, 0.717) is 6.42 Å². The lowest BCUT2D eigenvalue weighted by atomic mass is 10.0. The summed E-state index contributed by atoms with van der Waals surface area (Å²) in [6.07, 6.45) is 0.618. The normalized spacial score (nSPS) is 23.5. The van der Waals surface area contributed by atoms with Gasteiger partial charge in [0, 0.05) is 0 Å². The van der Waals surface area contributed by atoms with E-state index in [1.807, 2.05) is 42.0 Å². The molecule has 0 spiro atoms. The van der Waals surface area contributed by atoms with E-state index in [1.165, 1.54) is 7.11 Å². The van der Waals surface area contributed by atoms with E-state index in [4.69, 9.17) is 9.47 Å². The van der Waals surface area contributed by atoms with Gasteiger partial charge in [0.15, 0.2) is 6.54 Å². The summed E-state index contributed by atoms with van der Waals surface area (Å²) in [6.45, 7) is 2.53. The minimum Gasteiger partial charge on any atom is -0.466 e. The molecule has 4 nitrogen and oxygen atoms in total. The molecule has 4 heteroatoms. The molecule has 1 aliphatic heterocycles. The van der Waals surface area contributed by atoms with Crippen molar-refractivity contribution in [1.29, 1.82) is 0 Å². The molecule has 18 heavy (non-hydrogen) atoms. The lowest BCUT2D eigenvalue weighted by Gasteiger charge is -2.29. The van der Waals surface area contributed by atoms with E-state index in [2.05, 4.69) is 0 Å². The third-order valence-corrected chi connectivity index (χ3v) is 3.23. The van der Waals surface area contributed by atoms with Crippen molar-refractivity contribution in [2.45, 2.75) is 18.9 Å². The molecule has 1 aromatic carbocycles. The van der Waals surface area contributed by atoms with Crippen LogP contribution in [0.1, 0.15) is 18.9 Å². The van der Waals surface area contributed by atoms with Gasteiger partial charge in [-0.05, 0) is 19.1 Å². The van der Waals surface area contributed by atoms with Crippen molar-refractivity contribution in [3.8, 4) is 0 Å². The Kier molecular flexibility index (Phi) is 3.36. The molecule has 1 atom stereocenters. The van der Waals surface area contributed by atoms with E-state index in [1.54, 1.807) is 6.92 Å². The molecule has 0 radical (unpaired) electrons. The molecular formula is C14H18NO3+. The molecule has 1 aliphatic rings. The summed E-state index contributed by atoms with van der Waals surface area (Å²) in [5, 5.41) is 0. The average molecular weight is 248 g/mol. The molecule has 2 rings (SSSR count). The number of hydrogen-bond donors (Lipinski definition) is 0. The average Bonchev–Trinajstić information content (AvgIpc) is 2.41. The summed E-state index contributed by atoms with van der Waals surface area (Å²) in [4.78, 5) is 11.8. The number of benzene rings is 1. The molecule has 96 valence electrons. The van der Waals surface area contributed by atoms with Crippen LogP contribution in [0, 0.1) is 0 Å². The maximum absolute atomic E-state index is 11.8. The van der Waals surface area contributed by atoms with E-state index in [-0.39, 0.29) is 5.97 Å². The van der Waals surface area contributed by atoms with Gasteiger partial charge in [0.2, 0.25) is 5.60 Å². The van der Waals surface area contributed by atoms with E-state index in [0.717, 1.165) is 18.0 Å². The van der Waals surface area contributed by atoms with Crippen LogP contribution >= 0.6 is 0 Å². The predicted molar refractivity (Wildman–Crippen MR) is 67.7 cm³/mol. The zero-order valence-corrected chi connectivity index (χ0v) is 11.0. The summed E-state index contributed by atoms with van der Waals surface area (Å²) in [7, 11) is 3.34. The largest absolute Gasteiger partial charge is 0.466 e. The monoisotopic (exact) mass is 248 g/mol. The highest BCUT2D eigenvalue weighted by molar-refractivity contribution is 5.93. The summed E-state index contributed by atoms with van der Waals surface area (Å²) < 4.78 is 12.7. The minimum atomic E-state index is -0.896. The van der Waals surface area contributed by atoms with E-state index >= 15 is 0 Å². The Morgan fingerprint density at radius 2 is 2.06 bits per heavy atom. The third kappa shape index (κ3) is 2.23. The second kappa shape index (κ2) is 4.80. The number of carbonyl (C=O) groups excluding carboxylic acids is 1. The highest BCUT2D eigenvalue weighted by Gasteiger charge is 2.44. The van der Waals surface area contributed by atoms with Crippen LogP contribution in [-0.2, 0) is 14.3 Å². The molecule has 1 heterocycles. The Morgan fingerprint density at radius 3 is 2.67 bits per heavy atom. The first kappa shape index (κ1) is 12.6. The van der Waals surface area contributed by atoms with Crippen LogP contribution in [0.2, 0.25) is 0 Å². The van der Waals surface area contributed by atoms with Gasteiger partial charge in [-0.25, -0.2) is 9.37 Å². The first-order chi connectivity index (χ1) is 8.57. The van der Waals surface area contributed by atoms with E-state index in [9.17, 15) is 4.79 Å². The van der Waals surface area contributed by atoms with Gasteiger partial charge in [0.05, 0.1) is 19.1 Å². The molecule has 0 aliphatic carbocycles. The van der Waals surface area contributed by atoms with Gasteiger partial charge in [0.25, 0.3) is 0 Å². The van der Waals surface area contributed by atoms with Crippen LogP contribution in [-0.4, -0.2) is 42.7 Å². The molecule has 0 fully saturated rings. The van der Waals surface area contributed by atoms with Crippen LogP contribution < -0.4 is 0 Å². The Morgan fingerprint density at radius 1 is 1.39 bits per heavy atom. The Hall–Kier alpha value is -1.84. The number of esters is 1. The van der Waals surface area contributed by atoms with Crippen molar-refractivity contribution in [2.75, 3.05) is 20.7 Å². The maximum Gasteiger partial charge on any atom is 0.370 e. The highest BCUT2D eigenvalue weighted by Crippen LogP contribution is 2.23. The quantitative estimate of drug-likeness (QED) is 0.587. The summed E-state index contributed by atoms with van der Waals surface area (Å²) >= 11 is 0. The van der Waals surface area contributed by atoms with E-state index < -0.39 is 5.60 Å². The molecule has 0 bridgehead atoms. The smallest absolute Gasteiger partial charge is 0.370 e. The topological polar surface area (TPSA) is 38.5 Å².